The first-order chi connectivity index (χ1) is 9.38. The van der Waals surface area contributed by atoms with E-state index in [2.05, 4.69) is 22.8 Å². The number of hydrogen-bond acceptors (Lipinski definition) is 2. The van der Waals surface area contributed by atoms with E-state index in [1.807, 2.05) is 30.3 Å². The number of fused-ring (bicyclic) bond motifs is 3. The lowest BCUT2D eigenvalue weighted by Gasteiger charge is -2.14. The Morgan fingerprint density at radius 1 is 1.16 bits per heavy atom. The van der Waals surface area contributed by atoms with Gasteiger partial charge in [-0.1, -0.05) is 18.2 Å². The third-order valence-corrected chi connectivity index (χ3v) is 3.62. The zero-order valence-corrected chi connectivity index (χ0v) is 10.1. The van der Waals surface area contributed by atoms with Crippen LogP contribution in [0.4, 0.5) is 0 Å². The number of rotatable bonds is 2. The molecule has 3 heterocycles. The van der Waals surface area contributed by atoms with Gasteiger partial charge in [0.2, 0.25) is 0 Å². The van der Waals surface area contributed by atoms with E-state index in [4.69, 9.17) is 4.42 Å². The van der Waals surface area contributed by atoms with Crippen LogP contribution in [0.15, 0.2) is 58.7 Å². The zero-order chi connectivity index (χ0) is 12.8. The Balaban J connectivity index is 2.02. The number of hydrogen-bond donors (Lipinski definition) is 0. The molecule has 0 spiro atoms. The van der Waals surface area contributed by atoms with Crippen molar-refractivity contribution >= 4 is 23.3 Å². The SMILES string of the molecule is O=CC1=Cc2cc3ccccc3n2[C@@H]1c1ccco1. The number of para-hydroxylation sites is 1. The van der Waals surface area contributed by atoms with Crippen LogP contribution in [0.2, 0.25) is 0 Å². The van der Waals surface area contributed by atoms with E-state index in [0.29, 0.717) is 0 Å². The van der Waals surface area contributed by atoms with Crippen molar-refractivity contribution in [2.24, 2.45) is 0 Å². The topological polar surface area (TPSA) is 35.1 Å². The Bertz CT molecular complexity index is 793. The molecular formula is C16H11NO2. The number of furan rings is 1. The van der Waals surface area contributed by atoms with Crippen molar-refractivity contribution in [3.63, 3.8) is 0 Å². The highest BCUT2D eigenvalue weighted by molar-refractivity contribution is 5.92. The Morgan fingerprint density at radius 3 is 2.84 bits per heavy atom. The van der Waals surface area contributed by atoms with Gasteiger partial charge in [-0.3, -0.25) is 4.79 Å². The van der Waals surface area contributed by atoms with Crippen molar-refractivity contribution < 1.29 is 9.21 Å². The molecule has 3 nitrogen and oxygen atoms in total. The van der Waals surface area contributed by atoms with Crippen LogP contribution in [0.1, 0.15) is 17.5 Å². The lowest BCUT2D eigenvalue weighted by atomic mass is 10.1. The summed E-state index contributed by atoms with van der Waals surface area (Å²) in [6, 6.07) is 13.9. The first-order valence-electron chi connectivity index (χ1n) is 6.18. The fourth-order valence-corrected chi connectivity index (χ4v) is 2.83. The van der Waals surface area contributed by atoms with Gasteiger partial charge in [0.25, 0.3) is 0 Å². The molecule has 92 valence electrons. The van der Waals surface area contributed by atoms with E-state index in [1.54, 1.807) is 6.26 Å². The number of benzene rings is 1. The average molecular weight is 249 g/mol. The smallest absolute Gasteiger partial charge is 0.148 e. The minimum absolute atomic E-state index is 0.151. The first kappa shape index (κ1) is 10.4. The average Bonchev–Trinajstić information content (AvgIpc) is 3.12. The second-order valence-corrected chi connectivity index (χ2v) is 4.68. The van der Waals surface area contributed by atoms with Gasteiger partial charge in [0.05, 0.1) is 6.26 Å². The van der Waals surface area contributed by atoms with Crippen LogP contribution in [-0.2, 0) is 4.79 Å². The van der Waals surface area contributed by atoms with Crippen molar-refractivity contribution in [3.05, 3.63) is 65.8 Å². The summed E-state index contributed by atoms with van der Waals surface area (Å²) in [6.07, 6.45) is 4.48. The summed E-state index contributed by atoms with van der Waals surface area (Å²) in [5, 5.41) is 1.18. The molecule has 0 aliphatic carbocycles. The summed E-state index contributed by atoms with van der Waals surface area (Å²) in [5.74, 6) is 0.790. The molecule has 0 amide bonds. The van der Waals surface area contributed by atoms with Gasteiger partial charge in [-0.2, -0.15) is 0 Å². The Kier molecular flexibility index (Phi) is 2.03. The lowest BCUT2D eigenvalue weighted by Crippen LogP contribution is -2.09. The molecule has 0 saturated heterocycles. The highest BCUT2D eigenvalue weighted by Gasteiger charge is 2.29. The van der Waals surface area contributed by atoms with E-state index >= 15 is 0 Å². The number of aromatic nitrogens is 1. The van der Waals surface area contributed by atoms with Gasteiger partial charge in [0.1, 0.15) is 18.1 Å². The lowest BCUT2D eigenvalue weighted by molar-refractivity contribution is -0.105. The van der Waals surface area contributed by atoms with Crippen LogP contribution in [0, 0.1) is 0 Å². The van der Waals surface area contributed by atoms with Crippen LogP contribution in [-0.4, -0.2) is 10.9 Å². The number of aldehydes is 1. The van der Waals surface area contributed by atoms with Gasteiger partial charge in [-0.15, -0.1) is 0 Å². The molecule has 4 rings (SSSR count). The molecule has 3 heteroatoms. The fraction of sp³-hybridized carbons (Fsp3) is 0.0625. The summed E-state index contributed by atoms with van der Waals surface area (Å²) in [5.41, 5.74) is 2.90. The number of carbonyl (C=O) groups excluding carboxylic acids is 1. The molecule has 0 radical (unpaired) electrons. The van der Waals surface area contributed by atoms with Crippen molar-refractivity contribution in [2.45, 2.75) is 6.04 Å². The highest BCUT2D eigenvalue weighted by atomic mass is 16.3. The summed E-state index contributed by atoms with van der Waals surface area (Å²) in [7, 11) is 0. The number of allylic oxidation sites excluding steroid dienone is 1. The minimum atomic E-state index is -0.151. The molecule has 0 N–H and O–H groups in total. The van der Waals surface area contributed by atoms with E-state index in [1.165, 1.54) is 5.39 Å². The third kappa shape index (κ3) is 1.35. The number of nitrogens with zero attached hydrogens (tertiary/aromatic N) is 1. The van der Waals surface area contributed by atoms with E-state index in [9.17, 15) is 4.79 Å². The highest BCUT2D eigenvalue weighted by Crippen LogP contribution is 2.38. The van der Waals surface area contributed by atoms with Gasteiger partial charge in [-0.05, 0) is 30.3 Å². The van der Waals surface area contributed by atoms with Gasteiger partial charge in [0.15, 0.2) is 0 Å². The molecule has 1 aromatic carbocycles. The maximum absolute atomic E-state index is 11.3. The minimum Gasteiger partial charge on any atom is -0.467 e. The van der Waals surface area contributed by atoms with Crippen LogP contribution in [0.25, 0.3) is 17.0 Å². The molecule has 19 heavy (non-hydrogen) atoms. The van der Waals surface area contributed by atoms with Crippen LogP contribution in [0.5, 0.6) is 0 Å². The Hall–Kier alpha value is -2.55. The molecule has 0 saturated carbocycles. The molecule has 2 aromatic heterocycles. The number of carbonyl (C=O) groups is 1. The maximum Gasteiger partial charge on any atom is 0.148 e. The summed E-state index contributed by atoms with van der Waals surface area (Å²) < 4.78 is 7.65. The van der Waals surface area contributed by atoms with Crippen LogP contribution in [0.3, 0.4) is 0 Å². The first-order valence-corrected chi connectivity index (χ1v) is 6.18. The largest absolute Gasteiger partial charge is 0.467 e. The van der Waals surface area contributed by atoms with Crippen LogP contribution < -0.4 is 0 Å². The summed E-state index contributed by atoms with van der Waals surface area (Å²) in [4.78, 5) is 11.3. The fourth-order valence-electron chi connectivity index (χ4n) is 2.83. The Labute approximate surface area is 109 Å². The van der Waals surface area contributed by atoms with E-state index < -0.39 is 0 Å². The van der Waals surface area contributed by atoms with Crippen molar-refractivity contribution in [3.8, 4) is 0 Å². The van der Waals surface area contributed by atoms with Gasteiger partial charge < -0.3 is 8.98 Å². The van der Waals surface area contributed by atoms with Gasteiger partial charge in [-0.25, -0.2) is 0 Å². The monoisotopic (exact) mass is 249 g/mol. The molecule has 1 aliphatic heterocycles. The quantitative estimate of drug-likeness (QED) is 0.652. The second kappa shape index (κ2) is 3.72. The predicted molar refractivity (Wildman–Crippen MR) is 72.8 cm³/mol. The maximum atomic E-state index is 11.3. The van der Waals surface area contributed by atoms with Crippen LogP contribution >= 0.6 is 0 Å². The molecule has 1 aliphatic rings. The van der Waals surface area contributed by atoms with Gasteiger partial charge in [0, 0.05) is 22.2 Å². The molecule has 0 unspecified atom stereocenters. The van der Waals surface area contributed by atoms with Crippen molar-refractivity contribution in [2.75, 3.05) is 0 Å². The van der Waals surface area contributed by atoms with E-state index in [0.717, 1.165) is 28.8 Å². The van der Waals surface area contributed by atoms with Crippen molar-refractivity contribution in [1.82, 2.24) is 4.57 Å². The molecule has 0 bridgehead atoms. The normalized spacial score (nSPS) is 17.5. The van der Waals surface area contributed by atoms with Crippen molar-refractivity contribution in [1.29, 1.82) is 0 Å². The van der Waals surface area contributed by atoms with E-state index in [-0.39, 0.29) is 6.04 Å². The predicted octanol–water partition coefficient (Wildman–Crippen LogP) is 3.42. The third-order valence-electron chi connectivity index (χ3n) is 3.62. The van der Waals surface area contributed by atoms with Gasteiger partial charge >= 0.3 is 0 Å². The molecule has 1 atom stereocenters. The molecular weight excluding hydrogens is 238 g/mol. The molecule has 0 fully saturated rings. The second-order valence-electron chi connectivity index (χ2n) is 4.68. The molecule has 3 aromatic rings. The zero-order valence-electron chi connectivity index (χ0n) is 10.1. The standard InChI is InChI=1S/C16H11NO2/c18-10-12-9-13-8-11-4-1-2-5-14(11)17(13)16(12)15-6-3-7-19-15/h1-10,16H/t16-/m0/s1. The Morgan fingerprint density at radius 2 is 2.05 bits per heavy atom. The summed E-state index contributed by atoms with van der Waals surface area (Å²) in [6.45, 7) is 0. The summed E-state index contributed by atoms with van der Waals surface area (Å²) >= 11 is 0.